The first-order valence-corrected chi connectivity index (χ1v) is 9.04. The van der Waals surface area contributed by atoms with Crippen molar-refractivity contribution in [3.8, 4) is 11.1 Å². The lowest BCUT2D eigenvalue weighted by Gasteiger charge is -2.37. The maximum Gasteiger partial charge on any atom is 0.271 e. The van der Waals surface area contributed by atoms with Gasteiger partial charge in [-0.2, -0.15) is 0 Å². The number of hydrogen-bond acceptors (Lipinski definition) is 5. The molecule has 3 heterocycles. The fourth-order valence-corrected chi connectivity index (χ4v) is 3.45. The van der Waals surface area contributed by atoms with Crippen LogP contribution in [0.3, 0.4) is 0 Å². The number of piperidine rings is 1. The number of amides is 1. The van der Waals surface area contributed by atoms with Crippen LogP contribution in [0.1, 0.15) is 12.8 Å². The van der Waals surface area contributed by atoms with E-state index < -0.39 is 0 Å². The molecule has 2 aromatic heterocycles. The Labute approximate surface area is 158 Å². The minimum absolute atomic E-state index is 0.0334. The molecule has 7 heteroatoms. The molecule has 0 bridgehead atoms. The van der Waals surface area contributed by atoms with Crippen molar-refractivity contribution in [1.29, 1.82) is 0 Å². The number of rotatable bonds is 5. The van der Waals surface area contributed by atoms with Gasteiger partial charge in [0.1, 0.15) is 11.5 Å². The predicted molar refractivity (Wildman–Crippen MR) is 108 cm³/mol. The molecular weight excluding hydrogens is 342 g/mol. The highest BCUT2D eigenvalue weighted by Crippen LogP contribution is 2.25. The summed E-state index contributed by atoms with van der Waals surface area (Å²) in [6.45, 7) is 4.89. The van der Waals surface area contributed by atoms with Gasteiger partial charge >= 0.3 is 0 Å². The number of carbonyl (C=O) groups is 1. The molecule has 1 amide bonds. The molecule has 3 rings (SSSR count). The van der Waals surface area contributed by atoms with Crippen LogP contribution in [-0.4, -0.2) is 54.0 Å². The van der Waals surface area contributed by atoms with E-state index in [1.165, 1.54) is 6.08 Å². The molecule has 7 nitrogen and oxygen atoms in total. The number of hydrogen-bond donors (Lipinski definition) is 2. The van der Waals surface area contributed by atoms with E-state index in [0.717, 1.165) is 29.8 Å². The van der Waals surface area contributed by atoms with Crippen LogP contribution >= 0.6 is 0 Å². The molecule has 0 radical (unpaired) electrons. The van der Waals surface area contributed by atoms with Gasteiger partial charge < -0.3 is 20.1 Å². The molecule has 0 aromatic carbocycles. The quantitative estimate of drug-likeness (QED) is 0.791. The van der Waals surface area contributed by atoms with Crippen LogP contribution in [0, 0.1) is 0 Å². The zero-order chi connectivity index (χ0) is 19.4. The molecule has 1 fully saturated rings. The molecule has 0 unspecified atom stereocenters. The zero-order valence-corrected chi connectivity index (χ0v) is 15.7. The van der Waals surface area contributed by atoms with Crippen LogP contribution < -0.4 is 15.8 Å². The number of H-pyrrole nitrogens is 1. The van der Waals surface area contributed by atoms with Gasteiger partial charge in [0, 0.05) is 51.2 Å². The van der Waals surface area contributed by atoms with Crippen LogP contribution in [0.15, 0.2) is 48.0 Å². The van der Waals surface area contributed by atoms with Gasteiger partial charge in [0.15, 0.2) is 0 Å². The predicted octanol–water partition coefficient (Wildman–Crippen LogP) is 2.09. The first-order valence-electron chi connectivity index (χ1n) is 9.04. The topological polar surface area (TPSA) is 81.3 Å². The molecule has 2 N–H and O–H groups in total. The molecule has 2 aromatic rings. The fraction of sp³-hybridized carbons (Fsp3) is 0.350. The molecule has 0 atom stereocenters. The lowest BCUT2D eigenvalue weighted by Crippen LogP contribution is -2.46. The highest BCUT2D eigenvalue weighted by molar-refractivity contribution is 5.87. The lowest BCUT2D eigenvalue weighted by atomic mass is 10.0. The summed E-state index contributed by atoms with van der Waals surface area (Å²) in [4.78, 5) is 35.1. The van der Waals surface area contributed by atoms with Crippen molar-refractivity contribution in [2.75, 3.05) is 37.4 Å². The number of carbonyl (C=O) groups excluding carboxylic acids is 1. The number of nitrogens with one attached hydrogen (secondary N) is 2. The van der Waals surface area contributed by atoms with Crippen LogP contribution in [0.2, 0.25) is 0 Å². The Morgan fingerprint density at radius 3 is 2.78 bits per heavy atom. The van der Waals surface area contributed by atoms with E-state index in [0.29, 0.717) is 18.8 Å². The van der Waals surface area contributed by atoms with Crippen LogP contribution in [-0.2, 0) is 4.79 Å². The summed E-state index contributed by atoms with van der Waals surface area (Å²) in [6.07, 6.45) is 6.45. The normalized spacial score (nSPS) is 14.7. The van der Waals surface area contributed by atoms with Crippen LogP contribution in [0.5, 0.6) is 0 Å². The van der Waals surface area contributed by atoms with Gasteiger partial charge in [0.25, 0.3) is 5.56 Å². The number of likely N-dealkylation sites (tertiary alicyclic amines) is 1. The van der Waals surface area contributed by atoms with Crippen molar-refractivity contribution in [3.63, 3.8) is 0 Å². The second-order valence-electron chi connectivity index (χ2n) is 6.65. The number of pyridine rings is 2. The van der Waals surface area contributed by atoms with Crippen molar-refractivity contribution in [2.45, 2.75) is 18.9 Å². The van der Waals surface area contributed by atoms with E-state index in [1.807, 2.05) is 37.2 Å². The maximum atomic E-state index is 12.4. The summed E-state index contributed by atoms with van der Waals surface area (Å²) in [7, 11) is 3.76. The Bertz CT molecular complexity index is 884. The largest absolute Gasteiger partial charge is 0.373 e. The highest BCUT2D eigenvalue weighted by atomic mass is 16.2. The van der Waals surface area contributed by atoms with Crippen molar-refractivity contribution < 1.29 is 4.79 Å². The molecule has 1 aliphatic heterocycles. The molecule has 0 spiro atoms. The third kappa shape index (κ3) is 4.02. The van der Waals surface area contributed by atoms with Gasteiger partial charge in [0.2, 0.25) is 5.91 Å². The Balaban J connectivity index is 1.81. The Kier molecular flexibility index (Phi) is 5.59. The third-order valence-corrected chi connectivity index (χ3v) is 5.11. The van der Waals surface area contributed by atoms with Crippen molar-refractivity contribution >= 4 is 17.4 Å². The zero-order valence-electron chi connectivity index (χ0n) is 15.7. The monoisotopic (exact) mass is 367 g/mol. The smallest absolute Gasteiger partial charge is 0.271 e. The average Bonchev–Trinajstić information content (AvgIpc) is 2.73. The highest BCUT2D eigenvalue weighted by Gasteiger charge is 2.25. The number of anilines is 2. The minimum Gasteiger partial charge on any atom is -0.373 e. The van der Waals surface area contributed by atoms with Gasteiger partial charge in [-0.1, -0.05) is 6.58 Å². The molecule has 1 aliphatic rings. The molecular formula is C20H25N5O2. The fourth-order valence-electron chi connectivity index (χ4n) is 3.45. The van der Waals surface area contributed by atoms with Crippen LogP contribution in [0.25, 0.3) is 11.1 Å². The number of nitrogens with zero attached hydrogens (tertiary/aromatic N) is 3. The SMILES string of the molecule is C=CC(=O)N1CCC(N(C)c2cc(-c3ccnc(NC)c3)c[nH]c2=O)CC1. The number of aromatic nitrogens is 2. The first-order chi connectivity index (χ1) is 13.0. The van der Waals surface area contributed by atoms with Crippen molar-refractivity contribution in [1.82, 2.24) is 14.9 Å². The summed E-state index contributed by atoms with van der Waals surface area (Å²) in [5.74, 6) is 0.738. The van der Waals surface area contributed by atoms with E-state index >= 15 is 0 Å². The van der Waals surface area contributed by atoms with Gasteiger partial charge in [-0.25, -0.2) is 4.98 Å². The summed E-state index contributed by atoms with van der Waals surface area (Å²) in [6, 6.07) is 5.98. The molecule has 0 aliphatic carbocycles. The lowest BCUT2D eigenvalue weighted by molar-refractivity contribution is -0.126. The summed E-state index contributed by atoms with van der Waals surface area (Å²) < 4.78 is 0. The van der Waals surface area contributed by atoms with Gasteiger partial charge in [-0.15, -0.1) is 0 Å². The summed E-state index contributed by atoms with van der Waals surface area (Å²) >= 11 is 0. The van der Waals surface area contributed by atoms with Crippen molar-refractivity contribution in [3.05, 3.63) is 53.6 Å². The van der Waals surface area contributed by atoms with E-state index in [9.17, 15) is 9.59 Å². The van der Waals surface area contributed by atoms with E-state index in [2.05, 4.69) is 21.9 Å². The first kappa shape index (κ1) is 18.7. The minimum atomic E-state index is -0.117. The van der Waals surface area contributed by atoms with Gasteiger partial charge in [-0.3, -0.25) is 9.59 Å². The molecule has 27 heavy (non-hydrogen) atoms. The Hall–Kier alpha value is -3.09. The second-order valence-corrected chi connectivity index (χ2v) is 6.65. The number of aromatic amines is 1. The van der Waals surface area contributed by atoms with E-state index in [4.69, 9.17) is 0 Å². The van der Waals surface area contributed by atoms with Crippen LogP contribution in [0.4, 0.5) is 11.5 Å². The molecule has 0 saturated carbocycles. The van der Waals surface area contributed by atoms with E-state index in [1.54, 1.807) is 17.3 Å². The maximum absolute atomic E-state index is 12.4. The average molecular weight is 367 g/mol. The van der Waals surface area contributed by atoms with Gasteiger partial charge in [0.05, 0.1) is 0 Å². The van der Waals surface area contributed by atoms with Crippen molar-refractivity contribution in [2.24, 2.45) is 0 Å². The Morgan fingerprint density at radius 2 is 2.11 bits per heavy atom. The van der Waals surface area contributed by atoms with Gasteiger partial charge in [-0.05, 0) is 42.7 Å². The van der Waals surface area contributed by atoms with E-state index in [-0.39, 0.29) is 17.5 Å². The molecule has 1 saturated heterocycles. The summed E-state index contributed by atoms with van der Waals surface area (Å²) in [5, 5.41) is 3.02. The second kappa shape index (κ2) is 8.07. The standard InChI is InChI=1S/C20H25N5O2/c1-4-19(26)25-9-6-16(7-10-25)24(3)17-11-15(13-23-20(17)27)14-5-8-22-18(12-14)21-2/h4-5,8,11-13,16H,1,6-7,9-10H2,2-3H3,(H,21,22)(H,23,27). The Morgan fingerprint density at radius 1 is 1.37 bits per heavy atom. The third-order valence-electron chi connectivity index (χ3n) is 5.11. The summed E-state index contributed by atoms with van der Waals surface area (Å²) in [5.41, 5.74) is 2.42. The molecule has 142 valence electrons.